The van der Waals surface area contributed by atoms with E-state index in [4.69, 9.17) is 9.47 Å². The number of esters is 2. The van der Waals surface area contributed by atoms with E-state index in [0.717, 1.165) is 32.1 Å². The van der Waals surface area contributed by atoms with E-state index in [0.29, 0.717) is 32.0 Å². The fourth-order valence-electron chi connectivity index (χ4n) is 5.18. The summed E-state index contributed by atoms with van der Waals surface area (Å²) in [6.45, 7) is 7.84. The first kappa shape index (κ1) is 37.9. The number of hydrogen-bond acceptors (Lipinski definition) is 4. The normalized spacial score (nSPS) is 12.0. The molecule has 1 unspecified atom stereocenters. The number of carbonyl (C=O) groups excluding carboxylic acids is 2. The van der Waals surface area contributed by atoms with Gasteiger partial charge in [-0.05, 0) is 25.2 Å². The van der Waals surface area contributed by atoms with E-state index in [-0.39, 0.29) is 11.9 Å². The molecule has 0 aromatic carbocycles. The average molecular weight is 553 g/mol. The molecule has 0 amide bonds. The molecule has 39 heavy (non-hydrogen) atoms. The number of ether oxygens (including phenoxy) is 2. The molecule has 232 valence electrons. The number of unbranched alkanes of at least 4 members (excludes halogenated alkanes) is 21. The molecule has 0 bridgehead atoms. The van der Waals surface area contributed by atoms with E-state index in [1.165, 1.54) is 128 Å². The number of rotatable bonds is 31. The second-order valence-corrected chi connectivity index (χ2v) is 12.1. The van der Waals surface area contributed by atoms with Crippen LogP contribution in [-0.2, 0) is 19.1 Å². The predicted octanol–water partition coefficient (Wildman–Crippen LogP) is 11.3. The summed E-state index contributed by atoms with van der Waals surface area (Å²) in [5.41, 5.74) is 0. The van der Waals surface area contributed by atoms with Crippen molar-refractivity contribution in [3.8, 4) is 0 Å². The second kappa shape index (κ2) is 31.5. The van der Waals surface area contributed by atoms with Gasteiger partial charge in [-0.3, -0.25) is 9.59 Å². The maximum Gasteiger partial charge on any atom is 0.306 e. The zero-order valence-corrected chi connectivity index (χ0v) is 26.7. The zero-order chi connectivity index (χ0) is 28.7. The Morgan fingerprint density at radius 1 is 0.462 bits per heavy atom. The monoisotopic (exact) mass is 553 g/mol. The van der Waals surface area contributed by atoms with E-state index in [2.05, 4.69) is 20.8 Å². The third-order valence-corrected chi connectivity index (χ3v) is 7.86. The van der Waals surface area contributed by atoms with Crippen LogP contribution in [0, 0.1) is 5.92 Å². The van der Waals surface area contributed by atoms with Crippen LogP contribution >= 0.6 is 0 Å². The molecule has 0 aliphatic rings. The molecule has 0 aromatic heterocycles. The zero-order valence-electron chi connectivity index (χ0n) is 26.7. The lowest BCUT2D eigenvalue weighted by Gasteiger charge is -2.11. The summed E-state index contributed by atoms with van der Waals surface area (Å²) in [4.78, 5) is 23.7. The van der Waals surface area contributed by atoms with Gasteiger partial charge in [0, 0.05) is 12.8 Å². The van der Waals surface area contributed by atoms with Crippen molar-refractivity contribution in [1.82, 2.24) is 0 Å². The minimum Gasteiger partial charge on any atom is -0.466 e. The van der Waals surface area contributed by atoms with E-state index in [9.17, 15) is 9.59 Å². The van der Waals surface area contributed by atoms with Crippen LogP contribution in [0.25, 0.3) is 0 Å². The van der Waals surface area contributed by atoms with Gasteiger partial charge in [0.2, 0.25) is 0 Å². The van der Waals surface area contributed by atoms with Crippen molar-refractivity contribution in [2.45, 2.75) is 194 Å². The smallest absolute Gasteiger partial charge is 0.306 e. The van der Waals surface area contributed by atoms with Gasteiger partial charge in [0.05, 0.1) is 13.2 Å². The lowest BCUT2D eigenvalue weighted by Crippen LogP contribution is -2.10. The van der Waals surface area contributed by atoms with Gasteiger partial charge in [-0.15, -0.1) is 0 Å². The molecule has 0 saturated carbocycles. The molecule has 0 N–H and O–H groups in total. The largest absolute Gasteiger partial charge is 0.466 e. The Hall–Kier alpha value is -1.06. The molecular weight excluding hydrogens is 484 g/mol. The van der Waals surface area contributed by atoms with Gasteiger partial charge in [-0.1, -0.05) is 162 Å². The third kappa shape index (κ3) is 31.3. The summed E-state index contributed by atoms with van der Waals surface area (Å²) in [6.07, 6.45) is 32.5. The standard InChI is InChI=1S/C35H68O4/c1-4-6-8-22-26-30-38-34(36)29-25-21-19-17-15-13-11-10-12-14-16-18-20-24-28-33(3)32-35(37)39-31-27-23-9-7-5-2/h33H,4-32H2,1-3H3. The van der Waals surface area contributed by atoms with Crippen LogP contribution in [0.4, 0.5) is 0 Å². The predicted molar refractivity (Wildman–Crippen MR) is 167 cm³/mol. The molecule has 0 aliphatic heterocycles. The molecule has 0 aromatic rings. The Morgan fingerprint density at radius 3 is 1.28 bits per heavy atom. The van der Waals surface area contributed by atoms with E-state index < -0.39 is 0 Å². The minimum absolute atomic E-state index is 0.000671. The van der Waals surface area contributed by atoms with Gasteiger partial charge in [0.1, 0.15) is 0 Å². The van der Waals surface area contributed by atoms with Gasteiger partial charge < -0.3 is 9.47 Å². The second-order valence-electron chi connectivity index (χ2n) is 12.1. The van der Waals surface area contributed by atoms with Crippen molar-refractivity contribution >= 4 is 11.9 Å². The summed E-state index contributed by atoms with van der Waals surface area (Å²) in [6, 6.07) is 0. The number of hydrogen-bond donors (Lipinski definition) is 0. The molecule has 0 spiro atoms. The molecule has 0 radical (unpaired) electrons. The van der Waals surface area contributed by atoms with Crippen LogP contribution in [0.2, 0.25) is 0 Å². The topological polar surface area (TPSA) is 52.6 Å². The molecule has 1 atom stereocenters. The lowest BCUT2D eigenvalue weighted by molar-refractivity contribution is -0.145. The summed E-state index contributed by atoms with van der Waals surface area (Å²) in [5, 5.41) is 0. The Kier molecular flexibility index (Phi) is 30.6. The van der Waals surface area contributed by atoms with E-state index in [1.54, 1.807) is 0 Å². The van der Waals surface area contributed by atoms with Crippen LogP contribution in [0.1, 0.15) is 194 Å². The maximum absolute atomic E-state index is 11.9. The van der Waals surface area contributed by atoms with Crippen molar-refractivity contribution in [2.24, 2.45) is 5.92 Å². The highest BCUT2D eigenvalue weighted by molar-refractivity contribution is 5.69. The fraction of sp³-hybridized carbons (Fsp3) is 0.943. The average Bonchev–Trinajstić information content (AvgIpc) is 2.92. The molecule has 0 aliphatic carbocycles. The third-order valence-electron chi connectivity index (χ3n) is 7.86. The van der Waals surface area contributed by atoms with Crippen LogP contribution in [0.3, 0.4) is 0 Å². The van der Waals surface area contributed by atoms with Crippen molar-refractivity contribution < 1.29 is 19.1 Å². The SMILES string of the molecule is CCCCCCCOC(=O)CCCCCCCCCCCCCCCCC(C)CC(=O)OCCCCCCC. The maximum atomic E-state index is 11.9. The van der Waals surface area contributed by atoms with Crippen molar-refractivity contribution in [1.29, 1.82) is 0 Å². The van der Waals surface area contributed by atoms with Crippen LogP contribution in [0.15, 0.2) is 0 Å². The Bertz CT molecular complexity index is 519. The quantitative estimate of drug-likeness (QED) is 0.0634. The summed E-state index contributed by atoms with van der Waals surface area (Å²) in [5.74, 6) is 0.448. The first-order valence-corrected chi connectivity index (χ1v) is 17.4. The first-order chi connectivity index (χ1) is 19.1. The number of carbonyl (C=O) groups is 2. The Labute approximate surface area is 244 Å². The van der Waals surface area contributed by atoms with E-state index >= 15 is 0 Å². The molecule has 4 nitrogen and oxygen atoms in total. The Morgan fingerprint density at radius 2 is 0.821 bits per heavy atom. The van der Waals surface area contributed by atoms with Gasteiger partial charge >= 0.3 is 11.9 Å². The molecule has 0 heterocycles. The van der Waals surface area contributed by atoms with Crippen LogP contribution < -0.4 is 0 Å². The molecule has 0 fully saturated rings. The molecule has 0 rings (SSSR count). The van der Waals surface area contributed by atoms with Gasteiger partial charge in [0.15, 0.2) is 0 Å². The molecule has 4 heteroatoms. The fourth-order valence-corrected chi connectivity index (χ4v) is 5.18. The van der Waals surface area contributed by atoms with Gasteiger partial charge in [0.25, 0.3) is 0 Å². The van der Waals surface area contributed by atoms with Crippen molar-refractivity contribution in [2.75, 3.05) is 13.2 Å². The summed E-state index contributed by atoms with van der Waals surface area (Å²) >= 11 is 0. The lowest BCUT2D eigenvalue weighted by atomic mass is 9.98. The Balaban J connectivity index is 3.27. The van der Waals surface area contributed by atoms with Gasteiger partial charge in [-0.2, -0.15) is 0 Å². The minimum atomic E-state index is -0.00123. The van der Waals surface area contributed by atoms with E-state index in [1.807, 2.05) is 0 Å². The first-order valence-electron chi connectivity index (χ1n) is 17.4. The van der Waals surface area contributed by atoms with Gasteiger partial charge in [-0.25, -0.2) is 0 Å². The highest BCUT2D eigenvalue weighted by atomic mass is 16.5. The highest BCUT2D eigenvalue weighted by Crippen LogP contribution is 2.17. The molecular formula is C35H68O4. The summed E-state index contributed by atoms with van der Waals surface area (Å²) in [7, 11) is 0. The van der Waals surface area contributed by atoms with Crippen molar-refractivity contribution in [3.63, 3.8) is 0 Å². The van der Waals surface area contributed by atoms with Crippen molar-refractivity contribution in [3.05, 3.63) is 0 Å². The van der Waals surface area contributed by atoms with Crippen LogP contribution in [0.5, 0.6) is 0 Å². The van der Waals surface area contributed by atoms with Crippen LogP contribution in [-0.4, -0.2) is 25.2 Å². The highest BCUT2D eigenvalue weighted by Gasteiger charge is 2.10. The summed E-state index contributed by atoms with van der Waals surface area (Å²) < 4.78 is 10.7. The molecule has 0 saturated heterocycles.